The zero-order chi connectivity index (χ0) is 21.7. The molecule has 0 saturated carbocycles. The van der Waals surface area contributed by atoms with Gasteiger partial charge in [-0.05, 0) is 54.8 Å². The highest BCUT2D eigenvalue weighted by molar-refractivity contribution is 9.10. The molecule has 0 aliphatic carbocycles. The van der Waals surface area contributed by atoms with Gasteiger partial charge in [-0.25, -0.2) is 8.42 Å². The van der Waals surface area contributed by atoms with Crippen LogP contribution in [0.5, 0.6) is 11.5 Å². The second kappa shape index (κ2) is 9.80. The quantitative estimate of drug-likeness (QED) is 0.636. The van der Waals surface area contributed by atoms with Gasteiger partial charge in [-0.3, -0.25) is 4.79 Å². The van der Waals surface area contributed by atoms with E-state index < -0.39 is 10.0 Å². The van der Waals surface area contributed by atoms with Gasteiger partial charge in [-0.1, -0.05) is 22.0 Å². The number of benzene rings is 2. The Morgan fingerprint density at radius 1 is 1.13 bits per heavy atom. The molecular weight excluding hydrogens is 472 g/mol. The lowest BCUT2D eigenvalue weighted by molar-refractivity contribution is -0.126. The molecule has 0 bridgehead atoms. The van der Waals surface area contributed by atoms with Gasteiger partial charge >= 0.3 is 0 Å². The van der Waals surface area contributed by atoms with Gasteiger partial charge in [0.2, 0.25) is 15.9 Å². The van der Waals surface area contributed by atoms with E-state index in [2.05, 4.69) is 21.2 Å². The third kappa shape index (κ3) is 5.14. The molecule has 1 heterocycles. The molecule has 9 heteroatoms. The van der Waals surface area contributed by atoms with Crippen LogP contribution in [-0.4, -0.2) is 45.9 Å². The van der Waals surface area contributed by atoms with Crippen molar-refractivity contribution in [3.63, 3.8) is 0 Å². The second-order valence-electron chi connectivity index (χ2n) is 7.06. The first kappa shape index (κ1) is 22.6. The van der Waals surface area contributed by atoms with Crippen LogP contribution in [0.4, 0.5) is 0 Å². The number of sulfonamides is 1. The van der Waals surface area contributed by atoms with Crippen LogP contribution in [-0.2, 0) is 21.4 Å². The fourth-order valence-electron chi connectivity index (χ4n) is 3.45. The summed E-state index contributed by atoms with van der Waals surface area (Å²) in [5.74, 6) is 0.673. The monoisotopic (exact) mass is 496 g/mol. The minimum atomic E-state index is -3.63. The molecule has 1 atom stereocenters. The molecule has 1 amide bonds. The molecule has 1 aliphatic heterocycles. The second-order valence-corrected chi connectivity index (χ2v) is 9.92. The lowest BCUT2D eigenvalue weighted by Gasteiger charge is -2.31. The summed E-state index contributed by atoms with van der Waals surface area (Å²) in [5, 5.41) is 2.91. The van der Waals surface area contributed by atoms with Crippen molar-refractivity contribution in [2.24, 2.45) is 5.92 Å². The van der Waals surface area contributed by atoms with Gasteiger partial charge < -0.3 is 14.8 Å². The summed E-state index contributed by atoms with van der Waals surface area (Å²) in [6, 6.07) is 12.0. The third-order valence-electron chi connectivity index (χ3n) is 5.12. The van der Waals surface area contributed by atoms with Crippen LogP contribution in [0, 0.1) is 5.92 Å². The van der Waals surface area contributed by atoms with Crippen LogP contribution < -0.4 is 14.8 Å². The van der Waals surface area contributed by atoms with Crippen LogP contribution in [0.25, 0.3) is 0 Å². The number of amides is 1. The molecule has 0 spiro atoms. The Balaban J connectivity index is 1.64. The first-order valence-electron chi connectivity index (χ1n) is 9.59. The van der Waals surface area contributed by atoms with Gasteiger partial charge in [-0.2, -0.15) is 4.31 Å². The van der Waals surface area contributed by atoms with Crippen molar-refractivity contribution in [1.82, 2.24) is 9.62 Å². The number of halogens is 1. The minimum absolute atomic E-state index is 0.152. The van der Waals surface area contributed by atoms with Crippen LogP contribution >= 0.6 is 15.9 Å². The first-order chi connectivity index (χ1) is 14.3. The van der Waals surface area contributed by atoms with Gasteiger partial charge in [0, 0.05) is 24.1 Å². The van der Waals surface area contributed by atoms with Crippen molar-refractivity contribution in [2.75, 3.05) is 27.3 Å². The van der Waals surface area contributed by atoms with Crippen LogP contribution in [0.15, 0.2) is 51.8 Å². The summed E-state index contributed by atoms with van der Waals surface area (Å²) in [6.07, 6.45) is 1.30. The molecule has 0 radical (unpaired) electrons. The molecule has 1 aliphatic rings. The average molecular weight is 497 g/mol. The molecular formula is C21H25BrN2O5S. The number of nitrogens with one attached hydrogen (secondary N) is 1. The molecule has 2 aromatic rings. The smallest absolute Gasteiger partial charge is 0.243 e. The number of hydrogen-bond donors (Lipinski definition) is 1. The Kier molecular flexibility index (Phi) is 7.38. The highest BCUT2D eigenvalue weighted by Gasteiger charge is 2.33. The molecule has 7 nitrogen and oxygen atoms in total. The lowest BCUT2D eigenvalue weighted by Crippen LogP contribution is -2.45. The summed E-state index contributed by atoms with van der Waals surface area (Å²) in [7, 11) is -0.503. The van der Waals surface area contributed by atoms with E-state index in [4.69, 9.17) is 9.47 Å². The first-order valence-corrected chi connectivity index (χ1v) is 11.8. The molecule has 3 rings (SSSR count). The molecule has 2 aromatic carbocycles. The van der Waals surface area contributed by atoms with Crippen molar-refractivity contribution in [2.45, 2.75) is 24.3 Å². The molecule has 1 fully saturated rings. The van der Waals surface area contributed by atoms with Crippen LogP contribution in [0.1, 0.15) is 18.4 Å². The Labute approximate surface area is 185 Å². The van der Waals surface area contributed by atoms with E-state index in [-0.39, 0.29) is 23.3 Å². The van der Waals surface area contributed by atoms with E-state index in [1.807, 2.05) is 12.1 Å². The van der Waals surface area contributed by atoms with E-state index in [0.29, 0.717) is 37.4 Å². The fraction of sp³-hybridized carbons (Fsp3) is 0.381. The maximum atomic E-state index is 12.9. The Morgan fingerprint density at radius 3 is 2.50 bits per heavy atom. The number of piperidine rings is 1. The largest absolute Gasteiger partial charge is 0.493 e. The van der Waals surface area contributed by atoms with Crippen molar-refractivity contribution in [3.8, 4) is 11.5 Å². The predicted octanol–water partition coefficient (Wildman–Crippen LogP) is 3.18. The van der Waals surface area contributed by atoms with E-state index in [9.17, 15) is 13.2 Å². The summed E-state index contributed by atoms with van der Waals surface area (Å²) >= 11 is 3.31. The predicted molar refractivity (Wildman–Crippen MR) is 117 cm³/mol. The lowest BCUT2D eigenvalue weighted by atomic mass is 9.98. The van der Waals surface area contributed by atoms with Gasteiger partial charge in [0.1, 0.15) is 0 Å². The normalized spacial score (nSPS) is 17.4. The number of carbonyl (C=O) groups is 1. The van der Waals surface area contributed by atoms with Gasteiger partial charge in [0.15, 0.2) is 11.5 Å². The molecule has 0 unspecified atom stereocenters. The van der Waals surface area contributed by atoms with Gasteiger partial charge in [0.25, 0.3) is 0 Å². The third-order valence-corrected chi connectivity index (χ3v) is 7.53. The highest BCUT2D eigenvalue weighted by atomic mass is 79.9. The maximum Gasteiger partial charge on any atom is 0.243 e. The number of methoxy groups -OCH3 is 2. The average Bonchev–Trinajstić information content (AvgIpc) is 2.77. The van der Waals surface area contributed by atoms with Crippen molar-refractivity contribution < 1.29 is 22.7 Å². The molecule has 0 aromatic heterocycles. The molecule has 162 valence electrons. The zero-order valence-electron chi connectivity index (χ0n) is 16.9. The van der Waals surface area contributed by atoms with Gasteiger partial charge in [-0.15, -0.1) is 0 Å². The van der Waals surface area contributed by atoms with Crippen molar-refractivity contribution >= 4 is 31.9 Å². The van der Waals surface area contributed by atoms with E-state index in [1.165, 1.54) is 4.31 Å². The topological polar surface area (TPSA) is 84.9 Å². The number of hydrogen-bond acceptors (Lipinski definition) is 5. The van der Waals surface area contributed by atoms with Gasteiger partial charge in [0.05, 0.1) is 25.0 Å². The standard InChI is InChI=1S/C21H25BrN2O5S/c1-28-19-10-5-15(12-20(19)29-2)13-23-21(25)16-4-3-11-24(14-16)30(26,27)18-8-6-17(22)7-9-18/h5-10,12,16H,3-4,11,13-14H2,1-2H3,(H,23,25)/t16-/m1/s1. The summed E-state index contributed by atoms with van der Waals surface area (Å²) in [5.41, 5.74) is 0.871. The molecule has 1 saturated heterocycles. The number of ether oxygens (including phenoxy) is 2. The van der Waals surface area contributed by atoms with E-state index in [0.717, 1.165) is 10.0 Å². The molecule has 1 N–H and O–H groups in total. The Hall–Kier alpha value is -2.10. The summed E-state index contributed by atoms with van der Waals surface area (Å²) in [4.78, 5) is 12.9. The molecule has 30 heavy (non-hydrogen) atoms. The van der Waals surface area contributed by atoms with E-state index >= 15 is 0 Å². The van der Waals surface area contributed by atoms with E-state index in [1.54, 1.807) is 44.6 Å². The van der Waals surface area contributed by atoms with Crippen molar-refractivity contribution in [3.05, 3.63) is 52.5 Å². The maximum absolute atomic E-state index is 12.9. The Morgan fingerprint density at radius 2 is 1.83 bits per heavy atom. The SMILES string of the molecule is COc1ccc(CNC(=O)[C@@H]2CCCN(S(=O)(=O)c3ccc(Br)cc3)C2)cc1OC. The Bertz CT molecular complexity index is 995. The van der Waals surface area contributed by atoms with Crippen LogP contribution in [0.3, 0.4) is 0 Å². The van der Waals surface area contributed by atoms with Crippen LogP contribution in [0.2, 0.25) is 0 Å². The van der Waals surface area contributed by atoms with Crippen molar-refractivity contribution in [1.29, 1.82) is 0 Å². The fourth-order valence-corrected chi connectivity index (χ4v) is 5.24. The minimum Gasteiger partial charge on any atom is -0.493 e. The zero-order valence-corrected chi connectivity index (χ0v) is 19.3. The highest BCUT2D eigenvalue weighted by Crippen LogP contribution is 2.28. The summed E-state index contributed by atoms with van der Waals surface area (Å²) in [6.45, 7) is 0.920. The number of nitrogens with zero attached hydrogens (tertiary/aromatic N) is 1. The number of carbonyl (C=O) groups excluding carboxylic acids is 1. The number of rotatable bonds is 7. The summed E-state index contributed by atoms with van der Waals surface area (Å²) < 4.78 is 38.6.